The van der Waals surface area contributed by atoms with Crippen LogP contribution in [0.25, 0.3) is 0 Å². The molecule has 0 saturated heterocycles. The van der Waals surface area contributed by atoms with Crippen LogP contribution in [-0.4, -0.2) is 36.9 Å². The van der Waals surface area contributed by atoms with E-state index in [1.165, 1.54) is 0 Å². The van der Waals surface area contributed by atoms with Crippen molar-refractivity contribution in [3.05, 3.63) is 12.1 Å². The fraction of sp³-hybridized carbons (Fsp3) is 0.583. The summed E-state index contributed by atoms with van der Waals surface area (Å²) < 4.78 is 5.10. The van der Waals surface area contributed by atoms with Gasteiger partial charge in [0.05, 0.1) is 18.9 Å². The van der Waals surface area contributed by atoms with Crippen LogP contribution < -0.4 is 15.4 Å². The third-order valence-corrected chi connectivity index (χ3v) is 3.20. The number of aliphatic hydroxyl groups is 1. The quantitative estimate of drug-likeness (QED) is 0.813. The van der Waals surface area contributed by atoms with Crippen molar-refractivity contribution in [3.8, 4) is 5.88 Å². The highest BCUT2D eigenvalue weighted by molar-refractivity contribution is 5.54. The van der Waals surface area contributed by atoms with Crippen LogP contribution >= 0.6 is 0 Å². The molecule has 5 heteroatoms. The maximum Gasteiger partial charge on any atom is 0.238 e. The number of ether oxygens (including phenoxy) is 1. The van der Waals surface area contributed by atoms with Crippen LogP contribution in [0.2, 0.25) is 0 Å². The zero-order chi connectivity index (χ0) is 12.4. The first kappa shape index (κ1) is 12.0. The van der Waals surface area contributed by atoms with Gasteiger partial charge in [-0.1, -0.05) is 0 Å². The highest BCUT2D eigenvalue weighted by atomic mass is 16.5. The van der Waals surface area contributed by atoms with Crippen LogP contribution in [0.1, 0.15) is 12.8 Å². The molecule has 0 amide bonds. The summed E-state index contributed by atoms with van der Waals surface area (Å²) >= 11 is 0. The van der Waals surface area contributed by atoms with Gasteiger partial charge in [-0.2, -0.15) is 4.98 Å². The molecule has 0 atom stereocenters. The third kappa shape index (κ3) is 2.61. The number of methoxy groups -OCH3 is 1. The molecule has 1 aliphatic rings. The van der Waals surface area contributed by atoms with Gasteiger partial charge >= 0.3 is 0 Å². The molecule has 5 nitrogen and oxygen atoms in total. The van der Waals surface area contributed by atoms with Crippen molar-refractivity contribution in [2.45, 2.75) is 18.9 Å². The van der Waals surface area contributed by atoms with Crippen LogP contribution in [0, 0.1) is 5.92 Å². The molecule has 1 heterocycles. The molecule has 94 valence electrons. The minimum absolute atomic E-state index is 0.109. The van der Waals surface area contributed by atoms with E-state index in [0.29, 0.717) is 17.5 Å². The van der Waals surface area contributed by atoms with Gasteiger partial charge in [-0.15, -0.1) is 0 Å². The highest BCUT2D eigenvalue weighted by Crippen LogP contribution is 2.29. The average molecular weight is 237 g/mol. The van der Waals surface area contributed by atoms with Crippen molar-refractivity contribution in [1.29, 1.82) is 0 Å². The Labute approximate surface area is 101 Å². The Bertz CT molecular complexity index is 391. The molecule has 0 aromatic carbocycles. The Kier molecular flexibility index (Phi) is 3.38. The molecule has 1 aromatic rings. The van der Waals surface area contributed by atoms with Crippen molar-refractivity contribution in [2.24, 2.45) is 5.92 Å². The van der Waals surface area contributed by atoms with E-state index in [0.717, 1.165) is 25.2 Å². The van der Waals surface area contributed by atoms with Gasteiger partial charge in [0, 0.05) is 13.6 Å². The van der Waals surface area contributed by atoms with E-state index in [2.05, 4.69) is 9.88 Å². The van der Waals surface area contributed by atoms with Gasteiger partial charge in [0.1, 0.15) is 5.82 Å². The van der Waals surface area contributed by atoms with Crippen LogP contribution in [0.3, 0.4) is 0 Å². The largest absolute Gasteiger partial charge is 0.479 e. The van der Waals surface area contributed by atoms with Gasteiger partial charge < -0.3 is 20.5 Å². The van der Waals surface area contributed by atoms with Crippen LogP contribution in [-0.2, 0) is 0 Å². The number of nitrogens with zero attached hydrogens (tertiary/aromatic N) is 2. The number of nitrogen functional groups attached to an aromatic ring is 1. The number of nitrogens with two attached hydrogens (primary N) is 1. The van der Waals surface area contributed by atoms with E-state index in [1.54, 1.807) is 13.2 Å². The van der Waals surface area contributed by atoms with Crippen molar-refractivity contribution >= 4 is 11.5 Å². The monoisotopic (exact) mass is 237 g/mol. The van der Waals surface area contributed by atoms with Gasteiger partial charge in [0.15, 0.2) is 0 Å². The second kappa shape index (κ2) is 4.79. The zero-order valence-electron chi connectivity index (χ0n) is 10.3. The maximum atomic E-state index is 9.25. The van der Waals surface area contributed by atoms with E-state index < -0.39 is 0 Å². The molecule has 17 heavy (non-hydrogen) atoms. The molecule has 0 unspecified atom stereocenters. The number of anilines is 2. The standard InChI is InChI=1S/C12H19N3O2/c1-15(7-8-5-9(16)6-8)11-4-3-10(13)12(14-11)17-2/h3-4,8-9,16H,5-7,13H2,1-2H3. The molecular weight excluding hydrogens is 218 g/mol. The zero-order valence-corrected chi connectivity index (χ0v) is 10.3. The first-order valence-electron chi connectivity index (χ1n) is 5.80. The van der Waals surface area contributed by atoms with Crippen molar-refractivity contribution < 1.29 is 9.84 Å². The average Bonchev–Trinajstić information content (AvgIpc) is 2.27. The second-order valence-electron chi connectivity index (χ2n) is 4.64. The Morgan fingerprint density at radius 2 is 2.24 bits per heavy atom. The van der Waals surface area contributed by atoms with Gasteiger partial charge in [0.25, 0.3) is 0 Å². The molecule has 1 aromatic heterocycles. The van der Waals surface area contributed by atoms with Gasteiger partial charge in [-0.25, -0.2) is 0 Å². The lowest BCUT2D eigenvalue weighted by Crippen LogP contribution is -2.37. The Morgan fingerprint density at radius 1 is 1.53 bits per heavy atom. The van der Waals surface area contributed by atoms with Crippen LogP contribution in [0.4, 0.5) is 11.5 Å². The Balaban J connectivity index is 2.01. The number of pyridine rings is 1. The summed E-state index contributed by atoms with van der Waals surface area (Å²) in [6.07, 6.45) is 1.66. The van der Waals surface area contributed by atoms with Crippen molar-refractivity contribution in [3.63, 3.8) is 0 Å². The topological polar surface area (TPSA) is 71.6 Å². The molecule has 1 saturated carbocycles. The third-order valence-electron chi connectivity index (χ3n) is 3.20. The van der Waals surface area contributed by atoms with Gasteiger partial charge in [-0.05, 0) is 30.9 Å². The summed E-state index contributed by atoms with van der Waals surface area (Å²) in [6, 6.07) is 3.68. The molecule has 2 rings (SSSR count). The smallest absolute Gasteiger partial charge is 0.238 e. The molecule has 1 fully saturated rings. The van der Waals surface area contributed by atoms with Crippen molar-refractivity contribution in [1.82, 2.24) is 4.98 Å². The molecule has 3 N–H and O–H groups in total. The van der Waals surface area contributed by atoms with E-state index in [1.807, 2.05) is 13.1 Å². The molecule has 0 bridgehead atoms. The van der Waals surface area contributed by atoms with Gasteiger partial charge in [-0.3, -0.25) is 0 Å². The lowest BCUT2D eigenvalue weighted by Gasteiger charge is -2.34. The first-order valence-corrected chi connectivity index (χ1v) is 5.80. The number of aliphatic hydroxyl groups excluding tert-OH is 1. The summed E-state index contributed by atoms with van der Waals surface area (Å²) in [6.45, 7) is 0.900. The minimum Gasteiger partial charge on any atom is -0.479 e. The summed E-state index contributed by atoms with van der Waals surface area (Å²) in [7, 11) is 3.55. The summed E-state index contributed by atoms with van der Waals surface area (Å²) in [5, 5.41) is 9.25. The molecule has 1 aliphatic carbocycles. The predicted molar refractivity (Wildman–Crippen MR) is 67.2 cm³/mol. The van der Waals surface area contributed by atoms with E-state index in [9.17, 15) is 5.11 Å². The predicted octanol–water partition coefficient (Wildman–Crippen LogP) is 0.879. The lowest BCUT2D eigenvalue weighted by atomic mass is 9.82. The van der Waals surface area contributed by atoms with E-state index in [-0.39, 0.29) is 6.10 Å². The Morgan fingerprint density at radius 3 is 2.82 bits per heavy atom. The van der Waals surface area contributed by atoms with E-state index in [4.69, 9.17) is 10.5 Å². The highest BCUT2D eigenvalue weighted by Gasteiger charge is 2.28. The SMILES string of the molecule is COc1nc(N(C)CC2CC(O)C2)ccc1N. The number of hydrogen-bond donors (Lipinski definition) is 2. The summed E-state index contributed by atoms with van der Waals surface area (Å²) in [5.41, 5.74) is 6.26. The number of hydrogen-bond acceptors (Lipinski definition) is 5. The summed E-state index contributed by atoms with van der Waals surface area (Å²) in [5.74, 6) is 1.86. The molecule has 0 spiro atoms. The molecule has 0 aliphatic heterocycles. The first-order chi connectivity index (χ1) is 8.10. The van der Waals surface area contributed by atoms with Crippen LogP contribution in [0.5, 0.6) is 5.88 Å². The number of rotatable bonds is 4. The summed E-state index contributed by atoms with van der Waals surface area (Å²) in [4.78, 5) is 6.41. The molecule has 0 radical (unpaired) electrons. The molecular formula is C12H19N3O2. The fourth-order valence-electron chi connectivity index (χ4n) is 2.15. The normalized spacial score (nSPS) is 23.0. The second-order valence-corrected chi connectivity index (χ2v) is 4.64. The Hall–Kier alpha value is -1.49. The minimum atomic E-state index is -0.109. The number of aromatic nitrogens is 1. The lowest BCUT2D eigenvalue weighted by molar-refractivity contribution is 0.0464. The van der Waals surface area contributed by atoms with Crippen LogP contribution in [0.15, 0.2) is 12.1 Å². The van der Waals surface area contributed by atoms with Gasteiger partial charge in [0.2, 0.25) is 5.88 Å². The maximum absolute atomic E-state index is 9.25. The van der Waals surface area contributed by atoms with Crippen molar-refractivity contribution in [2.75, 3.05) is 31.3 Å². The van der Waals surface area contributed by atoms with E-state index >= 15 is 0 Å². The fourth-order valence-corrected chi connectivity index (χ4v) is 2.15.